The van der Waals surface area contributed by atoms with E-state index in [1.54, 1.807) is 0 Å². The molecular formula is C12H16Cl2N2O. The Labute approximate surface area is 112 Å². The Morgan fingerprint density at radius 3 is 2.94 bits per heavy atom. The summed E-state index contributed by atoms with van der Waals surface area (Å²) in [5, 5.41) is 4.34. The molecule has 0 amide bonds. The number of halogens is 2. The van der Waals surface area contributed by atoms with Crippen molar-refractivity contribution in [1.29, 1.82) is 0 Å². The van der Waals surface area contributed by atoms with E-state index in [4.69, 9.17) is 27.9 Å². The molecular weight excluding hydrogens is 259 g/mol. The van der Waals surface area contributed by atoms with E-state index in [9.17, 15) is 0 Å². The Bertz CT molecular complexity index is 387. The third-order valence-electron chi connectivity index (χ3n) is 2.86. The molecule has 1 N–H and O–H groups in total. The second kappa shape index (κ2) is 6.03. The van der Waals surface area contributed by atoms with Gasteiger partial charge in [0.15, 0.2) is 0 Å². The summed E-state index contributed by atoms with van der Waals surface area (Å²) in [4.78, 5) is 2.34. The van der Waals surface area contributed by atoms with Crippen molar-refractivity contribution in [2.24, 2.45) is 0 Å². The molecule has 1 aromatic carbocycles. The van der Waals surface area contributed by atoms with Crippen LogP contribution in [0, 0.1) is 0 Å². The summed E-state index contributed by atoms with van der Waals surface area (Å²) in [5.41, 5.74) is 1.18. The Morgan fingerprint density at radius 1 is 1.41 bits per heavy atom. The van der Waals surface area contributed by atoms with Gasteiger partial charge in [-0.1, -0.05) is 29.3 Å². The first kappa shape index (κ1) is 13.1. The van der Waals surface area contributed by atoms with E-state index in [0.29, 0.717) is 10.0 Å². The molecule has 0 radical (unpaired) electrons. The standard InChI is InChI=1S/C12H16Cl2N2O/c1-15-12-8-16(4-5-17-12)7-9-2-3-10(13)11(14)6-9/h2-3,6,12,15H,4-5,7-8H2,1H3/t12-/m1/s1. The zero-order chi connectivity index (χ0) is 12.3. The first-order chi connectivity index (χ1) is 8.19. The fourth-order valence-electron chi connectivity index (χ4n) is 1.92. The van der Waals surface area contributed by atoms with Crippen LogP contribution in [0.2, 0.25) is 10.0 Å². The summed E-state index contributed by atoms with van der Waals surface area (Å²) >= 11 is 11.9. The fourth-order valence-corrected chi connectivity index (χ4v) is 2.24. The zero-order valence-corrected chi connectivity index (χ0v) is 11.3. The van der Waals surface area contributed by atoms with Gasteiger partial charge in [-0.3, -0.25) is 10.2 Å². The van der Waals surface area contributed by atoms with E-state index in [1.165, 1.54) is 5.56 Å². The van der Waals surface area contributed by atoms with Gasteiger partial charge in [-0.2, -0.15) is 0 Å². The molecule has 0 unspecified atom stereocenters. The molecule has 1 heterocycles. The van der Waals surface area contributed by atoms with Crippen LogP contribution in [0.25, 0.3) is 0 Å². The van der Waals surface area contributed by atoms with E-state index in [-0.39, 0.29) is 6.23 Å². The molecule has 0 aromatic heterocycles. The van der Waals surface area contributed by atoms with Crippen LogP contribution in [0.5, 0.6) is 0 Å². The number of morpholine rings is 1. The lowest BCUT2D eigenvalue weighted by Gasteiger charge is -2.32. The molecule has 1 aliphatic rings. The summed E-state index contributed by atoms with van der Waals surface area (Å²) in [5.74, 6) is 0. The molecule has 0 saturated carbocycles. The molecule has 0 spiro atoms. The second-order valence-electron chi connectivity index (χ2n) is 4.13. The van der Waals surface area contributed by atoms with Gasteiger partial charge in [0.2, 0.25) is 0 Å². The SMILES string of the molecule is CN[C@H]1CN(Cc2ccc(Cl)c(Cl)c2)CCO1. The Balaban J connectivity index is 1.97. The molecule has 0 aliphatic carbocycles. The first-order valence-electron chi connectivity index (χ1n) is 5.64. The zero-order valence-electron chi connectivity index (χ0n) is 9.75. The van der Waals surface area contributed by atoms with Crippen molar-refractivity contribution in [3.05, 3.63) is 33.8 Å². The molecule has 3 nitrogen and oxygen atoms in total. The summed E-state index contributed by atoms with van der Waals surface area (Å²) < 4.78 is 5.54. The van der Waals surface area contributed by atoms with E-state index < -0.39 is 0 Å². The quantitative estimate of drug-likeness (QED) is 0.916. The maximum atomic E-state index is 6.00. The van der Waals surface area contributed by atoms with Crippen molar-refractivity contribution < 1.29 is 4.74 Å². The van der Waals surface area contributed by atoms with E-state index in [1.807, 2.05) is 25.2 Å². The van der Waals surface area contributed by atoms with Gasteiger partial charge in [-0.05, 0) is 24.7 Å². The van der Waals surface area contributed by atoms with Crippen molar-refractivity contribution in [1.82, 2.24) is 10.2 Å². The van der Waals surface area contributed by atoms with Crippen LogP contribution < -0.4 is 5.32 Å². The topological polar surface area (TPSA) is 24.5 Å². The van der Waals surface area contributed by atoms with Gasteiger partial charge in [-0.15, -0.1) is 0 Å². The summed E-state index contributed by atoms with van der Waals surface area (Å²) in [7, 11) is 1.91. The van der Waals surface area contributed by atoms with Crippen LogP contribution in [-0.4, -0.2) is 37.9 Å². The molecule has 2 rings (SSSR count). The smallest absolute Gasteiger partial charge is 0.120 e. The van der Waals surface area contributed by atoms with Crippen LogP contribution in [0.3, 0.4) is 0 Å². The molecule has 1 saturated heterocycles. The molecule has 5 heteroatoms. The average Bonchev–Trinajstić information content (AvgIpc) is 2.34. The minimum absolute atomic E-state index is 0.117. The van der Waals surface area contributed by atoms with E-state index in [2.05, 4.69) is 10.2 Å². The molecule has 1 atom stereocenters. The number of ether oxygens (including phenoxy) is 1. The van der Waals surface area contributed by atoms with Crippen LogP contribution >= 0.6 is 23.2 Å². The van der Waals surface area contributed by atoms with Gasteiger partial charge < -0.3 is 4.74 Å². The number of rotatable bonds is 3. The summed E-state index contributed by atoms with van der Waals surface area (Å²) in [6.45, 7) is 3.46. The van der Waals surface area contributed by atoms with Gasteiger partial charge in [0.1, 0.15) is 6.23 Å². The van der Waals surface area contributed by atoms with Crippen LogP contribution in [0.4, 0.5) is 0 Å². The normalized spacial score (nSPS) is 21.7. The number of nitrogens with zero attached hydrogens (tertiary/aromatic N) is 1. The highest BCUT2D eigenvalue weighted by Crippen LogP contribution is 2.23. The fraction of sp³-hybridized carbons (Fsp3) is 0.500. The van der Waals surface area contributed by atoms with E-state index >= 15 is 0 Å². The predicted molar refractivity (Wildman–Crippen MR) is 70.5 cm³/mol. The van der Waals surface area contributed by atoms with Gasteiger partial charge in [0.05, 0.1) is 16.7 Å². The number of likely N-dealkylation sites (N-methyl/N-ethyl adjacent to an activating group) is 1. The highest BCUT2D eigenvalue weighted by atomic mass is 35.5. The average molecular weight is 275 g/mol. The lowest BCUT2D eigenvalue weighted by atomic mass is 10.2. The van der Waals surface area contributed by atoms with Crippen molar-refractivity contribution in [2.45, 2.75) is 12.8 Å². The van der Waals surface area contributed by atoms with Gasteiger partial charge in [0.25, 0.3) is 0 Å². The highest BCUT2D eigenvalue weighted by molar-refractivity contribution is 6.42. The number of benzene rings is 1. The van der Waals surface area contributed by atoms with Crippen molar-refractivity contribution in [2.75, 3.05) is 26.7 Å². The molecule has 1 aliphatic heterocycles. The lowest BCUT2D eigenvalue weighted by molar-refractivity contribution is -0.0442. The number of hydrogen-bond acceptors (Lipinski definition) is 3. The molecule has 0 bridgehead atoms. The van der Waals surface area contributed by atoms with Crippen molar-refractivity contribution in [3.8, 4) is 0 Å². The third kappa shape index (κ3) is 3.57. The third-order valence-corrected chi connectivity index (χ3v) is 3.60. The van der Waals surface area contributed by atoms with Crippen LogP contribution in [0.15, 0.2) is 18.2 Å². The minimum atomic E-state index is 0.117. The largest absolute Gasteiger partial charge is 0.361 e. The Kier molecular flexibility index (Phi) is 4.65. The van der Waals surface area contributed by atoms with Crippen LogP contribution in [0.1, 0.15) is 5.56 Å². The van der Waals surface area contributed by atoms with Crippen molar-refractivity contribution in [3.63, 3.8) is 0 Å². The Morgan fingerprint density at radius 2 is 2.24 bits per heavy atom. The summed E-state index contributed by atoms with van der Waals surface area (Å²) in [6, 6.07) is 5.78. The molecule has 1 fully saturated rings. The Hall–Kier alpha value is -0.320. The van der Waals surface area contributed by atoms with Gasteiger partial charge >= 0.3 is 0 Å². The summed E-state index contributed by atoms with van der Waals surface area (Å²) in [6.07, 6.45) is 0.117. The van der Waals surface area contributed by atoms with E-state index in [0.717, 1.165) is 26.2 Å². The minimum Gasteiger partial charge on any atom is -0.361 e. The number of nitrogens with one attached hydrogen (secondary N) is 1. The van der Waals surface area contributed by atoms with Gasteiger partial charge in [0, 0.05) is 19.6 Å². The monoisotopic (exact) mass is 274 g/mol. The first-order valence-corrected chi connectivity index (χ1v) is 6.40. The van der Waals surface area contributed by atoms with Crippen LogP contribution in [-0.2, 0) is 11.3 Å². The van der Waals surface area contributed by atoms with Crippen molar-refractivity contribution >= 4 is 23.2 Å². The lowest BCUT2D eigenvalue weighted by Crippen LogP contribution is -2.47. The van der Waals surface area contributed by atoms with Gasteiger partial charge in [-0.25, -0.2) is 0 Å². The highest BCUT2D eigenvalue weighted by Gasteiger charge is 2.18. The maximum absolute atomic E-state index is 6.00. The second-order valence-corrected chi connectivity index (χ2v) is 4.95. The molecule has 1 aromatic rings. The maximum Gasteiger partial charge on any atom is 0.120 e. The predicted octanol–water partition coefficient (Wildman–Crippen LogP) is 2.37. The molecule has 17 heavy (non-hydrogen) atoms. The number of hydrogen-bond donors (Lipinski definition) is 1. The molecule has 94 valence electrons.